The number of thiophene rings is 1. The van der Waals surface area contributed by atoms with Gasteiger partial charge < -0.3 is 4.90 Å². The number of nitrogens with zero attached hydrogens (tertiary/aromatic N) is 4. The minimum absolute atomic E-state index is 0.227. The van der Waals surface area contributed by atoms with Crippen LogP contribution in [0, 0.1) is 5.82 Å². The van der Waals surface area contributed by atoms with Gasteiger partial charge in [0.2, 0.25) is 0 Å². The second kappa shape index (κ2) is 6.29. The zero-order chi connectivity index (χ0) is 16.5. The van der Waals surface area contributed by atoms with Crippen molar-refractivity contribution in [2.75, 3.05) is 0 Å². The monoisotopic (exact) mass is 346 g/mol. The maximum atomic E-state index is 13.1. The number of benzene rings is 1. The molecule has 2 heterocycles. The van der Waals surface area contributed by atoms with Crippen molar-refractivity contribution < 1.29 is 9.29 Å². The highest BCUT2D eigenvalue weighted by molar-refractivity contribution is 7.12. The van der Waals surface area contributed by atoms with E-state index in [0.29, 0.717) is 12.7 Å². The lowest BCUT2D eigenvalue weighted by molar-refractivity contribution is -0.947. The summed E-state index contributed by atoms with van der Waals surface area (Å²) in [5.41, 5.74) is 0.826. The van der Waals surface area contributed by atoms with Crippen LogP contribution in [0.3, 0.4) is 0 Å². The standard InChI is InChI=1S/C16H16FN5OS/c17-13-5-3-12(4-6-13)10-20(14-7-8-14)11-21-16(23)22(19-18-21)15-2-1-9-24-15/h1-6,9,14H,7-8,10-11H2/p+1. The molecule has 2 aromatic heterocycles. The number of quaternary nitrogens is 1. The summed E-state index contributed by atoms with van der Waals surface area (Å²) in [5.74, 6) is -0.234. The largest absolute Gasteiger partial charge is 0.374 e. The minimum atomic E-state index is -0.234. The maximum absolute atomic E-state index is 13.1. The summed E-state index contributed by atoms with van der Waals surface area (Å²) in [6.45, 7) is 1.20. The van der Waals surface area contributed by atoms with Gasteiger partial charge in [-0.05, 0) is 40.1 Å². The second-order valence-electron chi connectivity index (χ2n) is 6.02. The van der Waals surface area contributed by atoms with Crippen molar-refractivity contribution in [2.45, 2.75) is 32.1 Å². The molecule has 1 aliphatic carbocycles. The number of nitrogens with one attached hydrogen (secondary N) is 1. The molecular weight excluding hydrogens is 329 g/mol. The topological polar surface area (TPSA) is 57.1 Å². The first kappa shape index (κ1) is 15.2. The van der Waals surface area contributed by atoms with Gasteiger partial charge in [0.25, 0.3) is 0 Å². The fraction of sp³-hybridized carbons (Fsp3) is 0.312. The van der Waals surface area contributed by atoms with Gasteiger partial charge in [-0.3, -0.25) is 0 Å². The van der Waals surface area contributed by atoms with E-state index in [1.54, 1.807) is 12.1 Å². The maximum Gasteiger partial charge on any atom is 0.374 e. The average molecular weight is 346 g/mol. The molecule has 0 aliphatic heterocycles. The molecule has 1 aromatic carbocycles. The summed E-state index contributed by atoms with van der Waals surface area (Å²) in [4.78, 5) is 13.7. The van der Waals surface area contributed by atoms with Gasteiger partial charge in [0.1, 0.15) is 17.4 Å². The summed E-state index contributed by atoms with van der Waals surface area (Å²) in [6.07, 6.45) is 2.29. The Kier molecular flexibility index (Phi) is 3.99. The number of aromatic nitrogens is 4. The molecule has 1 N–H and O–H groups in total. The van der Waals surface area contributed by atoms with E-state index in [-0.39, 0.29) is 11.5 Å². The summed E-state index contributed by atoms with van der Waals surface area (Å²) >= 11 is 1.45. The molecule has 8 heteroatoms. The van der Waals surface area contributed by atoms with Gasteiger partial charge in [0, 0.05) is 18.4 Å². The minimum Gasteiger partial charge on any atom is -0.310 e. The summed E-state index contributed by atoms with van der Waals surface area (Å²) < 4.78 is 15.8. The summed E-state index contributed by atoms with van der Waals surface area (Å²) in [5, 5.41) is 10.7. The quantitative estimate of drug-likeness (QED) is 0.719. The fourth-order valence-electron chi connectivity index (χ4n) is 2.78. The molecule has 1 aliphatic rings. The van der Waals surface area contributed by atoms with Crippen molar-refractivity contribution in [3.05, 3.63) is 63.6 Å². The highest BCUT2D eigenvalue weighted by Crippen LogP contribution is 2.16. The van der Waals surface area contributed by atoms with Crippen molar-refractivity contribution in [3.8, 4) is 5.00 Å². The molecule has 6 nitrogen and oxygen atoms in total. The molecule has 1 atom stereocenters. The van der Waals surface area contributed by atoms with Crippen molar-refractivity contribution in [2.24, 2.45) is 0 Å². The molecule has 4 rings (SSSR count). The molecule has 0 bridgehead atoms. The van der Waals surface area contributed by atoms with E-state index in [1.807, 2.05) is 17.5 Å². The van der Waals surface area contributed by atoms with Crippen LogP contribution in [0.2, 0.25) is 0 Å². The van der Waals surface area contributed by atoms with Gasteiger partial charge in [-0.15, -0.1) is 20.7 Å². The number of tetrazole rings is 1. The van der Waals surface area contributed by atoms with E-state index in [0.717, 1.165) is 30.0 Å². The van der Waals surface area contributed by atoms with Crippen LogP contribution in [0.5, 0.6) is 0 Å². The smallest absolute Gasteiger partial charge is 0.310 e. The number of hydrogen-bond donors (Lipinski definition) is 1. The van der Waals surface area contributed by atoms with Crippen molar-refractivity contribution >= 4 is 11.3 Å². The molecule has 1 unspecified atom stereocenters. The van der Waals surface area contributed by atoms with Gasteiger partial charge in [-0.1, -0.05) is 12.1 Å². The van der Waals surface area contributed by atoms with Crippen LogP contribution < -0.4 is 10.6 Å². The second-order valence-corrected chi connectivity index (χ2v) is 6.94. The number of rotatable bonds is 6. The van der Waals surface area contributed by atoms with E-state index < -0.39 is 0 Å². The lowest BCUT2D eigenvalue weighted by Crippen LogP contribution is -3.11. The van der Waals surface area contributed by atoms with Crippen molar-refractivity contribution in [3.63, 3.8) is 0 Å². The first-order chi connectivity index (χ1) is 11.7. The molecule has 0 radical (unpaired) electrons. The van der Waals surface area contributed by atoms with Crippen LogP contribution in [0.4, 0.5) is 4.39 Å². The third kappa shape index (κ3) is 3.15. The Hall–Kier alpha value is -2.32. The highest BCUT2D eigenvalue weighted by Gasteiger charge is 2.34. The Morgan fingerprint density at radius 3 is 2.67 bits per heavy atom. The van der Waals surface area contributed by atoms with E-state index >= 15 is 0 Å². The summed E-state index contributed by atoms with van der Waals surface area (Å²) in [6, 6.07) is 10.8. The molecule has 24 heavy (non-hydrogen) atoms. The van der Waals surface area contributed by atoms with Crippen LogP contribution in [0.15, 0.2) is 46.6 Å². The molecule has 0 saturated heterocycles. The Bertz CT molecular complexity index is 867. The average Bonchev–Trinajstić information content (AvgIpc) is 3.17. The predicted octanol–water partition coefficient (Wildman–Crippen LogP) is 0.835. The van der Waals surface area contributed by atoms with E-state index in [4.69, 9.17) is 0 Å². The van der Waals surface area contributed by atoms with E-state index in [1.165, 1.54) is 37.7 Å². The van der Waals surface area contributed by atoms with Crippen LogP contribution >= 0.6 is 11.3 Å². The van der Waals surface area contributed by atoms with Crippen LogP contribution in [0.25, 0.3) is 5.00 Å². The molecule has 1 fully saturated rings. The van der Waals surface area contributed by atoms with E-state index in [2.05, 4.69) is 10.4 Å². The Morgan fingerprint density at radius 1 is 1.21 bits per heavy atom. The van der Waals surface area contributed by atoms with Crippen LogP contribution in [-0.2, 0) is 13.2 Å². The number of halogens is 1. The number of hydrogen-bond acceptors (Lipinski definition) is 4. The molecule has 124 valence electrons. The van der Waals surface area contributed by atoms with Gasteiger partial charge in [-0.25, -0.2) is 9.18 Å². The third-order valence-corrected chi connectivity index (χ3v) is 5.05. The predicted molar refractivity (Wildman–Crippen MR) is 87.6 cm³/mol. The zero-order valence-corrected chi connectivity index (χ0v) is 13.7. The van der Waals surface area contributed by atoms with Crippen LogP contribution in [0.1, 0.15) is 18.4 Å². The lowest BCUT2D eigenvalue weighted by Gasteiger charge is -2.18. The van der Waals surface area contributed by atoms with Crippen LogP contribution in [-0.4, -0.2) is 25.8 Å². The summed E-state index contributed by atoms with van der Waals surface area (Å²) in [7, 11) is 0. The lowest BCUT2D eigenvalue weighted by atomic mass is 10.2. The fourth-order valence-corrected chi connectivity index (χ4v) is 3.45. The Labute approximate surface area is 141 Å². The molecule has 0 spiro atoms. The van der Waals surface area contributed by atoms with Crippen molar-refractivity contribution in [1.82, 2.24) is 19.8 Å². The highest BCUT2D eigenvalue weighted by atomic mass is 32.1. The van der Waals surface area contributed by atoms with Gasteiger partial charge >= 0.3 is 5.69 Å². The van der Waals surface area contributed by atoms with Gasteiger partial charge in [-0.2, -0.15) is 0 Å². The van der Waals surface area contributed by atoms with Crippen molar-refractivity contribution in [1.29, 1.82) is 0 Å². The zero-order valence-electron chi connectivity index (χ0n) is 12.9. The molecular formula is C16H17FN5OS+. The molecule has 0 amide bonds. The third-order valence-electron chi connectivity index (χ3n) is 4.21. The SMILES string of the molecule is O=c1n(C[NH+](Cc2ccc(F)cc2)C2CC2)nnn1-c1cccs1. The first-order valence-electron chi connectivity index (χ1n) is 7.86. The normalized spacial score (nSPS) is 15.5. The Morgan fingerprint density at radius 2 is 2.00 bits per heavy atom. The first-order valence-corrected chi connectivity index (χ1v) is 8.74. The van der Waals surface area contributed by atoms with Gasteiger partial charge in [0.05, 0.1) is 6.04 Å². The van der Waals surface area contributed by atoms with Gasteiger partial charge in [0.15, 0.2) is 6.67 Å². The molecule has 3 aromatic rings. The Balaban J connectivity index is 1.54. The molecule has 1 saturated carbocycles. The van der Waals surface area contributed by atoms with E-state index in [9.17, 15) is 9.18 Å².